The lowest BCUT2D eigenvalue weighted by Crippen LogP contribution is -2.40. The molecule has 0 saturated carbocycles. The number of likely N-dealkylation sites (tertiary alicyclic amines) is 1. The van der Waals surface area contributed by atoms with Crippen LogP contribution in [0.3, 0.4) is 0 Å². The molecule has 1 aromatic carbocycles. The molecule has 0 radical (unpaired) electrons. The second kappa shape index (κ2) is 9.94. The molecule has 2 aromatic rings. The molecule has 1 unspecified atom stereocenters. The molecule has 154 valence electrons. The number of rotatable bonds is 5. The Bertz CT molecular complexity index is 801. The first-order chi connectivity index (χ1) is 13.0. The molecule has 1 aliphatic heterocycles. The molecule has 0 spiro atoms. The number of aliphatic imine (C=N–C) groups is 1. The second-order valence-electron chi connectivity index (χ2n) is 6.70. The third-order valence-electron chi connectivity index (χ3n) is 5.13. The minimum Gasteiger partial charge on any atom is -0.497 e. The van der Waals surface area contributed by atoms with Crippen LogP contribution in [0.25, 0.3) is 0 Å². The topological polar surface area (TPSA) is 76.8 Å². The van der Waals surface area contributed by atoms with Gasteiger partial charge in [0.25, 0.3) is 0 Å². The number of ether oxygens (including phenoxy) is 2. The third-order valence-corrected chi connectivity index (χ3v) is 5.13. The quantitative estimate of drug-likeness (QED) is 0.386. The van der Waals surface area contributed by atoms with Crippen molar-refractivity contribution in [2.45, 2.75) is 25.8 Å². The van der Waals surface area contributed by atoms with Crippen LogP contribution in [0.4, 0.5) is 0 Å². The average molecular weight is 500 g/mol. The first-order valence-electron chi connectivity index (χ1n) is 9.09. The molecule has 1 N–H and O–H groups in total. The minimum atomic E-state index is 0. The van der Waals surface area contributed by atoms with Gasteiger partial charge in [-0.05, 0) is 31.0 Å². The highest BCUT2D eigenvalue weighted by Crippen LogP contribution is 2.32. The molecule has 1 aromatic heterocycles. The number of nitrogens with zero attached hydrogens (tertiary/aromatic N) is 5. The highest BCUT2D eigenvalue weighted by Gasteiger charge is 2.27. The van der Waals surface area contributed by atoms with Gasteiger partial charge in [-0.1, -0.05) is 0 Å². The maximum absolute atomic E-state index is 5.41. The number of halogens is 1. The van der Waals surface area contributed by atoms with Gasteiger partial charge in [0, 0.05) is 39.2 Å². The number of hydrogen-bond donors (Lipinski definition) is 1. The van der Waals surface area contributed by atoms with Crippen molar-refractivity contribution in [3.05, 3.63) is 35.4 Å². The van der Waals surface area contributed by atoms with Crippen LogP contribution in [0, 0.1) is 6.92 Å². The summed E-state index contributed by atoms with van der Waals surface area (Å²) in [6.07, 6.45) is 1.06. The molecule has 1 aliphatic rings. The van der Waals surface area contributed by atoms with Crippen LogP contribution < -0.4 is 14.8 Å². The van der Waals surface area contributed by atoms with E-state index in [2.05, 4.69) is 37.5 Å². The van der Waals surface area contributed by atoms with Crippen LogP contribution in [-0.4, -0.2) is 60.0 Å². The lowest BCUT2D eigenvalue weighted by molar-refractivity contribution is 0.392. The summed E-state index contributed by atoms with van der Waals surface area (Å²) < 4.78 is 12.8. The summed E-state index contributed by atoms with van der Waals surface area (Å²) in [5.41, 5.74) is 1.23. The Balaban J connectivity index is 0.00000280. The van der Waals surface area contributed by atoms with Gasteiger partial charge in [-0.2, -0.15) is 0 Å². The lowest BCUT2D eigenvalue weighted by Gasteiger charge is -2.22. The van der Waals surface area contributed by atoms with E-state index in [-0.39, 0.29) is 24.0 Å². The predicted octanol–water partition coefficient (Wildman–Crippen LogP) is 2.32. The molecule has 1 atom stereocenters. The fraction of sp³-hybridized carbons (Fsp3) is 0.526. The summed E-state index contributed by atoms with van der Waals surface area (Å²) in [6.45, 7) is 4.38. The Morgan fingerprint density at radius 2 is 1.89 bits per heavy atom. The fourth-order valence-corrected chi connectivity index (χ4v) is 3.39. The molecule has 3 rings (SSSR count). The number of hydrogen-bond acceptors (Lipinski definition) is 5. The monoisotopic (exact) mass is 500 g/mol. The van der Waals surface area contributed by atoms with E-state index >= 15 is 0 Å². The number of benzene rings is 1. The molecule has 2 heterocycles. The minimum absolute atomic E-state index is 0. The largest absolute Gasteiger partial charge is 0.497 e. The van der Waals surface area contributed by atoms with Gasteiger partial charge < -0.3 is 24.3 Å². The molecule has 0 bridgehead atoms. The van der Waals surface area contributed by atoms with Crippen molar-refractivity contribution < 1.29 is 9.47 Å². The van der Waals surface area contributed by atoms with Crippen molar-refractivity contribution in [2.75, 3.05) is 34.4 Å². The number of aryl methyl sites for hydroxylation is 1. The van der Waals surface area contributed by atoms with Gasteiger partial charge in [0.15, 0.2) is 11.8 Å². The smallest absolute Gasteiger partial charge is 0.194 e. The van der Waals surface area contributed by atoms with E-state index in [0.717, 1.165) is 48.6 Å². The molecule has 9 heteroatoms. The molecule has 0 aliphatic carbocycles. The predicted molar refractivity (Wildman–Crippen MR) is 120 cm³/mol. The van der Waals surface area contributed by atoms with Gasteiger partial charge in [-0.25, -0.2) is 0 Å². The van der Waals surface area contributed by atoms with Crippen LogP contribution in [0.2, 0.25) is 0 Å². The van der Waals surface area contributed by atoms with Crippen molar-refractivity contribution in [2.24, 2.45) is 12.0 Å². The maximum Gasteiger partial charge on any atom is 0.194 e. The van der Waals surface area contributed by atoms with Crippen LogP contribution in [0.15, 0.2) is 23.2 Å². The Morgan fingerprint density at radius 3 is 2.43 bits per heavy atom. The average Bonchev–Trinajstić information content (AvgIpc) is 3.30. The van der Waals surface area contributed by atoms with E-state index in [9.17, 15) is 0 Å². The van der Waals surface area contributed by atoms with Gasteiger partial charge >= 0.3 is 0 Å². The normalized spacial score (nSPS) is 16.7. The SMILES string of the molecule is CN=C(NCc1nnc(C)n1C)N1CCC(c2cc(OC)cc(OC)c2)C1.I. The lowest BCUT2D eigenvalue weighted by atomic mass is 9.98. The van der Waals surface area contributed by atoms with Crippen molar-refractivity contribution in [1.29, 1.82) is 0 Å². The summed E-state index contributed by atoms with van der Waals surface area (Å²) in [4.78, 5) is 6.72. The highest BCUT2D eigenvalue weighted by molar-refractivity contribution is 14.0. The number of methoxy groups -OCH3 is 2. The van der Waals surface area contributed by atoms with Crippen molar-refractivity contribution in [3.63, 3.8) is 0 Å². The van der Waals surface area contributed by atoms with Gasteiger partial charge in [0.2, 0.25) is 0 Å². The Morgan fingerprint density at radius 1 is 1.21 bits per heavy atom. The fourth-order valence-electron chi connectivity index (χ4n) is 3.39. The zero-order valence-corrected chi connectivity index (χ0v) is 19.4. The molecular weight excluding hydrogens is 471 g/mol. The van der Waals surface area contributed by atoms with Crippen LogP contribution in [0.1, 0.15) is 29.6 Å². The van der Waals surface area contributed by atoms with Crippen LogP contribution >= 0.6 is 24.0 Å². The summed E-state index contributed by atoms with van der Waals surface area (Å²) in [7, 11) is 7.14. The molecule has 28 heavy (non-hydrogen) atoms. The Hall–Kier alpha value is -2.04. The first-order valence-corrected chi connectivity index (χ1v) is 9.09. The van der Waals surface area contributed by atoms with Crippen LogP contribution in [0.5, 0.6) is 11.5 Å². The zero-order chi connectivity index (χ0) is 19.4. The highest BCUT2D eigenvalue weighted by atomic mass is 127. The van der Waals surface area contributed by atoms with Gasteiger partial charge in [-0.3, -0.25) is 4.99 Å². The molecule has 8 nitrogen and oxygen atoms in total. The summed E-state index contributed by atoms with van der Waals surface area (Å²) in [6, 6.07) is 6.09. The van der Waals surface area contributed by atoms with Crippen molar-refractivity contribution in [1.82, 2.24) is 25.0 Å². The Labute approximate surface area is 183 Å². The van der Waals surface area contributed by atoms with Crippen molar-refractivity contribution in [3.8, 4) is 11.5 Å². The standard InChI is InChI=1S/C19H28N6O2.HI/c1-13-22-23-18(24(13)3)11-21-19(20-2)25-7-6-14(12-25)15-8-16(26-4)10-17(9-15)27-5;/h8-10,14H,6-7,11-12H2,1-5H3,(H,20,21);1H. The van der Waals surface area contributed by atoms with Crippen molar-refractivity contribution >= 4 is 29.9 Å². The first kappa shape index (κ1) is 22.3. The van der Waals surface area contributed by atoms with Gasteiger partial charge in [0.1, 0.15) is 17.3 Å². The summed E-state index contributed by atoms with van der Waals surface area (Å²) in [5, 5.41) is 11.7. The van der Waals surface area contributed by atoms with E-state index in [1.807, 2.05) is 31.7 Å². The number of guanidine groups is 1. The van der Waals surface area contributed by atoms with E-state index in [1.54, 1.807) is 14.2 Å². The van der Waals surface area contributed by atoms with Crippen LogP contribution in [-0.2, 0) is 13.6 Å². The second-order valence-corrected chi connectivity index (χ2v) is 6.70. The third kappa shape index (κ3) is 4.86. The summed E-state index contributed by atoms with van der Waals surface area (Å²) in [5.74, 6) is 4.72. The summed E-state index contributed by atoms with van der Waals surface area (Å²) >= 11 is 0. The zero-order valence-electron chi connectivity index (χ0n) is 17.1. The van der Waals surface area contributed by atoms with E-state index in [0.29, 0.717) is 12.5 Å². The Kier molecular flexibility index (Phi) is 7.90. The number of aromatic nitrogens is 3. The molecule has 1 fully saturated rings. The maximum atomic E-state index is 5.41. The van der Waals surface area contributed by atoms with Gasteiger partial charge in [0.05, 0.1) is 20.8 Å². The molecule has 0 amide bonds. The molecule has 1 saturated heterocycles. The molecular formula is C19H29IN6O2. The van der Waals surface area contributed by atoms with E-state index < -0.39 is 0 Å². The number of nitrogens with one attached hydrogen (secondary N) is 1. The van der Waals surface area contributed by atoms with E-state index in [1.165, 1.54) is 5.56 Å². The van der Waals surface area contributed by atoms with Gasteiger partial charge in [-0.15, -0.1) is 34.2 Å². The van der Waals surface area contributed by atoms with E-state index in [4.69, 9.17) is 9.47 Å².